The topological polar surface area (TPSA) is 79.4 Å². The summed E-state index contributed by atoms with van der Waals surface area (Å²) in [6.45, 7) is 6.44. The molecule has 0 radical (unpaired) electrons. The van der Waals surface area contributed by atoms with E-state index in [1.165, 1.54) is 6.20 Å². The Kier molecular flexibility index (Phi) is 5.17. The van der Waals surface area contributed by atoms with E-state index in [-0.39, 0.29) is 11.7 Å². The van der Waals surface area contributed by atoms with Crippen molar-refractivity contribution in [3.05, 3.63) is 18.0 Å². The number of morpholine rings is 2. The van der Waals surface area contributed by atoms with Crippen molar-refractivity contribution in [3.63, 3.8) is 0 Å². The van der Waals surface area contributed by atoms with E-state index in [1.807, 2.05) is 4.90 Å². The number of halogens is 2. The van der Waals surface area contributed by atoms with Gasteiger partial charge in [0.25, 0.3) is 6.43 Å². The molecule has 2 aromatic heterocycles. The van der Waals surface area contributed by atoms with E-state index in [1.54, 1.807) is 6.07 Å². The van der Waals surface area contributed by atoms with Crippen LogP contribution in [-0.4, -0.2) is 72.3 Å². The quantitative estimate of drug-likeness (QED) is 0.867. The van der Waals surface area contributed by atoms with E-state index in [9.17, 15) is 8.78 Å². The molecule has 27 heavy (non-hydrogen) atoms. The van der Waals surface area contributed by atoms with Crippen molar-refractivity contribution in [2.24, 2.45) is 0 Å². The van der Waals surface area contributed by atoms with Crippen molar-refractivity contribution in [2.75, 3.05) is 55.9 Å². The first-order valence-corrected chi connectivity index (χ1v) is 9.02. The number of aromatic nitrogens is 4. The van der Waals surface area contributed by atoms with Gasteiger partial charge in [-0.2, -0.15) is 10.1 Å². The van der Waals surface area contributed by atoms with Crippen LogP contribution in [0.25, 0.3) is 11.3 Å². The van der Waals surface area contributed by atoms with Crippen LogP contribution in [-0.2, 0) is 9.47 Å². The van der Waals surface area contributed by atoms with Gasteiger partial charge in [-0.1, -0.05) is 0 Å². The van der Waals surface area contributed by atoms with E-state index >= 15 is 0 Å². The van der Waals surface area contributed by atoms with Crippen LogP contribution < -0.4 is 9.80 Å². The molecule has 2 aliphatic heterocycles. The monoisotopic (exact) mass is 380 g/mol. The number of anilines is 2. The molecule has 4 rings (SSSR count). The Morgan fingerprint density at radius 1 is 1.15 bits per heavy atom. The molecular formula is C17H22F2N6O2. The summed E-state index contributed by atoms with van der Waals surface area (Å²) in [7, 11) is 0. The van der Waals surface area contributed by atoms with E-state index in [4.69, 9.17) is 14.5 Å². The molecule has 0 saturated carbocycles. The molecule has 2 aliphatic rings. The van der Waals surface area contributed by atoms with Gasteiger partial charge < -0.3 is 19.3 Å². The number of aromatic amines is 1. The molecule has 4 heterocycles. The van der Waals surface area contributed by atoms with Gasteiger partial charge in [0, 0.05) is 37.5 Å². The number of ether oxygens (including phenoxy) is 2. The SMILES string of the molecule is C[C@H]1COCCN1c1cc(-c2c[nH]nc2C(F)F)nc(N2CCOCC2)n1. The Bertz CT molecular complexity index is 781. The Morgan fingerprint density at radius 3 is 2.67 bits per heavy atom. The molecule has 2 aromatic rings. The van der Waals surface area contributed by atoms with E-state index in [0.29, 0.717) is 69.1 Å². The van der Waals surface area contributed by atoms with Gasteiger partial charge in [0.2, 0.25) is 5.95 Å². The Hall–Kier alpha value is -2.33. The van der Waals surface area contributed by atoms with Crippen LogP contribution in [0.15, 0.2) is 12.3 Å². The third-order valence-electron chi connectivity index (χ3n) is 4.81. The van der Waals surface area contributed by atoms with Crippen LogP contribution in [0.4, 0.5) is 20.5 Å². The van der Waals surface area contributed by atoms with Crippen LogP contribution >= 0.6 is 0 Å². The fraction of sp³-hybridized carbons (Fsp3) is 0.588. The maximum atomic E-state index is 13.3. The summed E-state index contributed by atoms with van der Waals surface area (Å²) in [6, 6.07) is 1.89. The largest absolute Gasteiger partial charge is 0.378 e. The maximum Gasteiger partial charge on any atom is 0.282 e. The number of nitrogens with one attached hydrogen (secondary N) is 1. The number of hydrogen-bond acceptors (Lipinski definition) is 7. The van der Waals surface area contributed by atoms with Gasteiger partial charge in [-0.15, -0.1) is 0 Å². The fourth-order valence-electron chi connectivity index (χ4n) is 3.35. The van der Waals surface area contributed by atoms with Crippen LogP contribution in [0.1, 0.15) is 19.0 Å². The molecule has 1 atom stereocenters. The highest BCUT2D eigenvalue weighted by molar-refractivity contribution is 5.67. The number of hydrogen-bond donors (Lipinski definition) is 1. The van der Waals surface area contributed by atoms with Gasteiger partial charge in [-0.25, -0.2) is 13.8 Å². The molecule has 146 valence electrons. The standard InChI is InChI=1S/C17H22F2N6O2/c1-11-10-27-7-4-25(11)14-8-13(12-9-20-23-15(12)16(18)19)21-17(22-14)24-2-5-26-6-3-24/h8-9,11,16H,2-7,10H2,1H3,(H,20,23)/t11-/m0/s1. The summed E-state index contributed by atoms with van der Waals surface area (Å²) in [5.74, 6) is 1.23. The van der Waals surface area contributed by atoms with Gasteiger partial charge in [0.1, 0.15) is 11.5 Å². The second-order valence-corrected chi connectivity index (χ2v) is 6.61. The maximum absolute atomic E-state index is 13.3. The molecule has 10 heteroatoms. The van der Waals surface area contributed by atoms with Crippen LogP contribution in [0.5, 0.6) is 0 Å². The lowest BCUT2D eigenvalue weighted by molar-refractivity contribution is 0.0985. The number of nitrogens with zero attached hydrogens (tertiary/aromatic N) is 5. The predicted octanol–water partition coefficient (Wildman–Crippen LogP) is 1.87. The van der Waals surface area contributed by atoms with Crippen LogP contribution in [0.3, 0.4) is 0 Å². The van der Waals surface area contributed by atoms with Gasteiger partial charge in [0.05, 0.1) is 38.2 Å². The van der Waals surface area contributed by atoms with E-state index in [2.05, 4.69) is 27.0 Å². The smallest absolute Gasteiger partial charge is 0.282 e. The summed E-state index contributed by atoms with van der Waals surface area (Å²) >= 11 is 0. The summed E-state index contributed by atoms with van der Waals surface area (Å²) in [4.78, 5) is 13.4. The number of rotatable bonds is 4. The molecule has 1 N–H and O–H groups in total. The zero-order chi connectivity index (χ0) is 18.8. The Morgan fingerprint density at radius 2 is 1.93 bits per heavy atom. The average molecular weight is 380 g/mol. The van der Waals surface area contributed by atoms with Crippen molar-refractivity contribution in [3.8, 4) is 11.3 Å². The fourth-order valence-corrected chi connectivity index (χ4v) is 3.35. The predicted molar refractivity (Wildman–Crippen MR) is 95.2 cm³/mol. The van der Waals surface area contributed by atoms with E-state index in [0.717, 1.165) is 0 Å². The van der Waals surface area contributed by atoms with Crippen molar-refractivity contribution in [1.82, 2.24) is 20.2 Å². The van der Waals surface area contributed by atoms with E-state index < -0.39 is 6.43 Å². The van der Waals surface area contributed by atoms with Crippen molar-refractivity contribution in [1.29, 1.82) is 0 Å². The first kappa shape index (κ1) is 18.1. The van der Waals surface area contributed by atoms with Crippen molar-refractivity contribution >= 4 is 11.8 Å². The minimum Gasteiger partial charge on any atom is -0.378 e. The van der Waals surface area contributed by atoms with Crippen molar-refractivity contribution in [2.45, 2.75) is 19.4 Å². The van der Waals surface area contributed by atoms with Crippen LogP contribution in [0.2, 0.25) is 0 Å². The molecule has 0 aromatic carbocycles. The molecule has 2 fully saturated rings. The summed E-state index contributed by atoms with van der Waals surface area (Å²) in [6.07, 6.45) is -1.22. The zero-order valence-electron chi connectivity index (χ0n) is 15.1. The van der Waals surface area contributed by atoms with Gasteiger partial charge in [0.15, 0.2) is 0 Å². The lowest BCUT2D eigenvalue weighted by Crippen LogP contribution is -2.44. The minimum atomic E-state index is -2.68. The normalized spacial score (nSPS) is 21.1. The molecule has 0 amide bonds. The van der Waals surface area contributed by atoms with Gasteiger partial charge in [-0.3, -0.25) is 5.10 Å². The number of H-pyrrole nitrogens is 1. The molecule has 2 saturated heterocycles. The minimum absolute atomic E-state index is 0.137. The second kappa shape index (κ2) is 7.73. The highest BCUT2D eigenvalue weighted by Gasteiger charge is 2.26. The molecular weight excluding hydrogens is 358 g/mol. The summed E-state index contributed by atoms with van der Waals surface area (Å²) < 4.78 is 37.6. The second-order valence-electron chi connectivity index (χ2n) is 6.61. The zero-order valence-corrected chi connectivity index (χ0v) is 15.1. The third kappa shape index (κ3) is 3.72. The molecule has 0 unspecified atom stereocenters. The Labute approximate surface area is 155 Å². The summed E-state index contributed by atoms with van der Waals surface area (Å²) in [5, 5.41) is 6.22. The lowest BCUT2D eigenvalue weighted by Gasteiger charge is -2.35. The lowest BCUT2D eigenvalue weighted by atomic mass is 10.1. The Balaban J connectivity index is 1.77. The first-order valence-electron chi connectivity index (χ1n) is 9.02. The van der Waals surface area contributed by atoms with Gasteiger partial charge >= 0.3 is 0 Å². The van der Waals surface area contributed by atoms with Gasteiger partial charge in [-0.05, 0) is 6.92 Å². The highest BCUT2D eigenvalue weighted by atomic mass is 19.3. The average Bonchev–Trinajstić information content (AvgIpc) is 3.19. The molecule has 0 aliphatic carbocycles. The highest BCUT2D eigenvalue weighted by Crippen LogP contribution is 2.32. The molecule has 0 bridgehead atoms. The summed E-state index contributed by atoms with van der Waals surface area (Å²) in [5.41, 5.74) is 0.427. The van der Waals surface area contributed by atoms with Crippen molar-refractivity contribution < 1.29 is 18.3 Å². The molecule has 8 nitrogen and oxygen atoms in total. The van der Waals surface area contributed by atoms with Crippen LogP contribution in [0, 0.1) is 0 Å². The molecule has 0 spiro atoms. The number of alkyl halides is 2. The third-order valence-corrected chi connectivity index (χ3v) is 4.81. The first-order chi connectivity index (χ1) is 13.1.